The zero-order valence-electron chi connectivity index (χ0n) is 10.6. The van der Waals surface area contributed by atoms with Crippen LogP contribution in [0.2, 0.25) is 0 Å². The third kappa shape index (κ3) is 3.55. The van der Waals surface area contributed by atoms with E-state index in [4.69, 9.17) is 4.74 Å². The lowest BCUT2D eigenvalue weighted by Gasteiger charge is -2.13. The van der Waals surface area contributed by atoms with Crippen molar-refractivity contribution in [1.82, 2.24) is 5.32 Å². The minimum Gasteiger partial charge on any atom is -0.464 e. The minimum absolute atomic E-state index is 0.0863. The van der Waals surface area contributed by atoms with Crippen LogP contribution in [0.1, 0.15) is 29.8 Å². The van der Waals surface area contributed by atoms with Crippen molar-refractivity contribution < 1.29 is 18.7 Å². The van der Waals surface area contributed by atoms with E-state index in [-0.39, 0.29) is 12.2 Å². The summed E-state index contributed by atoms with van der Waals surface area (Å²) in [6.45, 7) is 5.12. The van der Waals surface area contributed by atoms with Gasteiger partial charge in [-0.05, 0) is 38.5 Å². The molecule has 18 heavy (non-hydrogen) atoms. The number of aryl methyl sites for hydroxylation is 1. The van der Waals surface area contributed by atoms with Gasteiger partial charge < -0.3 is 10.1 Å². The number of rotatable bonds is 4. The molecule has 1 aromatic rings. The lowest BCUT2D eigenvalue weighted by Crippen LogP contribution is -2.39. The largest absolute Gasteiger partial charge is 0.464 e. The Morgan fingerprint density at radius 2 is 2.11 bits per heavy atom. The molecule has 0 aliphatic carbocycles. The molecule has 98 valence electrons. The topological polar surface area (TPSA) is 55.4 Å². The second-order valence-corrected chi connectivity index (χ2v) is 3.93. The van der Waals surface area contributed by atoms with E-state index in [1.54, 1.807) is 19.9 Å². The Hall–Kier alpha value is -1.91. The van der Waals surface area contributed by atoms with Crippen LogP contribution in [0.15, 0.2) is 18.2 Å². The van der Waals surface area contributed by atoms with Crippen molar-refractivity contribution in [2.24, 2.45) is 0 Å². The van der Waals surface area contributed by atoms with Crippen LogP contribution in [0, 0.1) is 12.7 Å². The molecule has 0 aromatic heterocycles. The molecule has 0 aliphatic rings. The molecular weight excluding hydrogens is 237 g/mol. The van der Waals surface area contributed by atoms with Crippen molar-refractivity contribution >= 4 is 11.9 Å². The first-order chi connectivity index (χ1) is 8.45. The Bertz CT molecular complexity index is 460. The maximum Gasteiger partial charge on any atom is 0.328 e. The molecule has 0 radical (unpaired) electrons. The summed E-state index contributed by atoms with van der Waals surface area (Å²) in [4.78, 5) is 23.1. The molecule has 4 nitrogen and oxygen atoms in total. The number of carbonyl (C=O) groups excluding carboxylic acids is 2. The highest BCUT2D eigenvalue weighted by atomic mass is 19.1. The lowest BCUT2D eigenvalue weighted by atomic mass is 10.1. The van der Waals surface area contributed by atoms with Gasteiger partial charge in [-0.15, -0.1) is 0 Å². The molecule has 0 heterocycles. The molecule has 0 spiro atoms. The summed E-state index contributed by atoms with van der Waals surface area (Å²) in [6.07, 6.45) is 0. The second-order valence-electron chi connectivity index (χ2n) is 3.93. The number of hydrogen-bond acceptors (Lipinski definition) is 3. The fourth-order valence-corrected chi connectivity index (χ4v) is 1.40. The Balaban J connectivity index is 2.73. The van der Waals surface area contributed by atoms with Gasteiger partial charge >= 0.3 is 5.97 Å². The van der Waals surface area contributed by atoms with Crippen molar-refractivity contribution in [2.75, 3.05) is 6.61 Å². The number of ether oxygens (including phenoxy) is 1. The molecule has 0 fully saturated rings. The number of halogens is 1. The van der Waals surface area contributed by atoms with Crippen molar-refractivity contribution in [3.8, 4) is 0 Å². The normalized spacial score (nSPS) is 11.8. The first-order valence-corrected chi connectivity index (χ1v) is 5.69. The van der Waals surface area contributed by atoms with Crippen molar-refractivity contribution in [2.45, 2.75) is 26.8 Å². The zero-order chi connectivity index (χ0) is 13.7. The Morgan fingerprint density at radius 1 is 1.44 bits per heavy atom. The fraction of sp³-hybridized carbons (Fsp3) is 0.385. The van der Waals surface area contributed by atoms with Crippen LogP contribution < -0.4 is 5.32 Å². The molecule has 1 rings (SSSR count). The van der Waals surface area contributed by atoms with Gasteiger partial charge in [-0.1, -0.05) is 6.07 Å². The summed E-state index contributed by atoms with van der Waals surface area (Å²) in [6, 6.07) is 3.48. The Labute approximate surface area is 105 Å². The van der Waals surface area contributed by atoms with E-state index in [1.807, 2.05) is 0 Å². The van der Waals surface area contributed by atoms with Gasteiger partial charge in [0.25, 0.3) is 5.91 Å². The minimum atomic E-state index is -0.807. The molecule has 0 bridgehead atoms. The average molecular weight is 253 g/mol. The summed E-state index contributed by atoms with van der Waals surface area (Å²) < 4.78 is 18.3. The first-order valence-electron chi connectivity index (χ1n) is 5.69. The lowest BCUT2D eigenvalue weighted by molar-refractivity contribution is -0.144. The van der Waals surface area contributed by atoms with Crippen LogP contribution in [0.25, 0.3) is 0 Å². The smallest absolute Gasteiger partial charge is 0.328 e. The first kappa shape index (κ1) is 14.2. The van der Waals surface area contributed by atoms with E-state index in [1.165, 1.54) is 19.1 Å². The van der Waals surface area contributed by atoms with Crippen molar-refractivity contribution in [3.05, 3.63) is 35.1 Å². The number of amides is 1. The Morgan fingerprint density at radius 3 is 2.67 bits per heavy atom. The van der Waals surface area contributed by atoms with E-state index < -0.39 is 23.7 Å². The maximum absolute atomic E-state index is 13.5. The third-order valence-corrected chi connectivity index (χ3v) is 2.36. The number of nitrogens with one attached hydrogen (secondary N) is 1. The van der Waals surface area contributed by atoms with E-state index in [0.717, 1.165) is 5.56 Å². The SMILES string of the molecule is CCOC(=O)C(C)NC(=O)c1ccc(C)cc1F. The summed E-state index contributed by atoms with van der Waals surface area (Å²) in [5.74, 6) is -1.78. The summed E-state index contributed by atoms with van der Waals surface area (Å²) in [5, 5.41) is 2.39. The van der Waals surface area contributed by atoms with Gasteiger partial charge in [-0.25, -0.2) is 9.18 Å². The van der Waals surface area contributed by atoms with E-state index in [9.17, 15) is 14.0 Å². The highest BCUT2D eigenvalue weighted by Gasteiger charge is 2.19. The van der Waals surface area contributed by atoms with Gasteiger partial charge in [0.2, 0.25) is 0 Å². The molecule has 1 amide bonds. The number of hydrogen-bond donors (Lipinski definition) is 1. The summed E-state index contributed by atoms with van der Waals surface area (Å²) in [7, 11) is 0. The standard InChI is InChI=1S/C13H16FNO3/c1-4-18-13(17)9(3)15-12(16)10-6-5-8(2)7-11(10)14/h5-7,9H,4H2,1-3H3,(H,15,16). The van der Waals surface area contributed by atoms with Crippen LogP contribution in [-0.2, 0) is 9.53 Å². The second kappa shape index (κ2) is 6.14. The van der Waals surface area contributed by atoms with Crippen molar-refractivity contribution in [1.29, 1.82) is 0 Å². The van der Waals surface area contributed by atoms with Gasteiger partial charge in [0.15, 0.2) is 0 Å². The van der Waals surface area contributed by atoms with Crippen LogP contribution in [-0.4, -0.2) is 24.5 Å². The summed E-state index contributed by atoms with van der Waals surface area (Å²) >= 11 is 0. The van der Waals surface area contributed by atoms with Gasteiger partial charge in [0.1, 0.15) is 11.9 Å². The summed E-state index contributed by atoms with van der Waals surface area (Å²) in [5.41, 5.74) is 0.638. The molecule has 1 N–H and O–H groups in total. The predicted octanol–water partition coefficient (Wildman–Crippen LogP) is 1.82. The highest BCUT2D eigenvalue weighted by Crippen LogP contribution is 2.10. The molecular formula is C13H16FNO3. The number of esters is 1. The van der Waals surface area contributed by atoms with Gasteiger partial charge in [-0.3, -0.25) is 4.79 Å². The molecule has 0 saturated heterocycles. The van der Waals surface area contributed by atoms with E-state index >= 15 is 0 Å². The monoisotopic (exact) mass is 253 g/mol. The Kier molecular flexibility index (Phi) is 4.83. The molecule has 0 aliphatic heterocycles. The molecule has 5 heteroatoms. The highest BCUT2D eigenvalue weighted by molar-refractivity contribution is 5.96. The predicted molar refractivity (Wildman–Crippen MR) is 64.7 cm³/mol. The van der Waals surface area contributed by atoms with Crippen LogP contribution in [0.3, 0.4) is 0 Å². The van der Waals surface area contributed by atoms with Crippen LogP contribution in [0.5, 0.6) is 0 Å². The number of carbonyl (C=O) groups is 2. The van der Waals surface area contributed by atoms with E-state index in [0.29, 0.717) is 0 Å². The zero-order valence-corrected chi connectivity index (χ0v) is 10.6. The van der Waals surface area contributed by atoms with Gasteiger partial charge in [-0.2, -0.15) is 0 Å². The molecule has 0 saturated carbocycles. The molecule has 1 aromatic carbocycles. The van der Waals surface area contributed by atoms with Crippen LogP contribution >= 0.6 is 0 Å². The van der Waals surface area contributed by atoms with Gasteiger partial charge in [0.05, 0.1) is 12.2 Å². The quantitative estimate of drug-likeness (QED) is 0.833. The molecule has 1 atom stereocenters. The van der Waals surface area contributed by atoms with Crippen LogP contribution in [0.4, 0.5) is 4.39 Å². The fourth-order valence-electron chi connectivity index (χ4n) is 1.40. The van der Waals surface area contributed by atoms with Gasteiger partial charge in [0, 0.05) is 0 Å². The van der Waals surface area contributed by atoms with Crippen molar-refractivity contribution in [3.63, 3.8) is 0 Å². The average Bonchev–Trinajstić information content (AvgIpc) is 2.28. The van der Waals surface area contributed by atoms with E-state index in [2.05, 4.69) is 5.32 Å². The third-order valence-electron chi connectivity index (χ3n) is 2.36. The molecule has 1 unspecified atom stereocenters. The number of benzene rings is 1. The maximum atomic E-state index is 13.5.